The normalized spacial score (nSPS) is 15.6. The SMILES string of the molecule is O=C(O)C(Cc1cc(C2CCCN2C(=O)Cc2ccc(OCc3ccccc3)cc2)no1)Nc1ccncc1. The van der Waals surface area contributed by atoms with Crippen molar-refractivity contribution in [1.29, 1.82) is 0 Å². The first-order valence-corrected chi connectivity index (χ1v) is 12.9. The second-order valence-electron chi connectivity index (χ2n) is 9.53. The summed E-state index contributed by atoms with van der Waals surface area (Å²) in [5.74, 6) is 0.216. The van der Waals surface area contributed by atoms with Crippen LogP contribution in [-0.2, 0) is 29.0 Å². The van der Waals surface area contributed by atoms with Crippen LogP contribution in [0.3, 0.4) is 0 Å². The third kappa shape index (κ3) is 6.81. The van der Waals surface area contributed by atoms with E-state index in [0.29, 0.717) is 30.3 Å². The summed E-state index contributed by atoms with van der Waals surface area (Å²) in [5, 5.41) is 16.8. The van der Waals surface area contributed by atoms with Crippen LogP contribution in [0.4, 0.5) is 5.69 Å². The molecule has 2 unspecified atom stereocenters. The van der Waals surface area contributed by atoms with Gasteiger partial charge in [-0.25, -0.2) is 4.79 Å². The fourth-order valence-corrected chi connectivity index (χ4v) is 4.73. The Morgan fingerprint density at radius 3 is 2.56 bits per heavy atom. The lowest BCUT2D eigenvalue weighted by molar-refractivity contribution is -0.138. The van der Waals surface area contributed by atoms with Gasteiger partial charge >= 0.3 is 5.97 Å². The third-order valence-electron chi connectivity index (χ3n) is 6.74. The largest absolute Gasteiger partial charge is 0.489 e. The molecule has 1 amide bonds. The molecule has 1 aliphatic rings. The second kappa shape index (κ2) is 12.3. The van der Waals surface area contributed by atoms with Crippen LogP contribution in [0.25, 0.3) is 0 Å². The molecule has 2 aromatic heterocycles. The van der Waals surface area contributed by atoms with Crippen LogP contribution in [0.2, 0.25) is 0 Å². The van der Waals surface area contributed by atoms with Gasteiger partial charge in [-0.2, -0.15) is 0 Å². The highest BCUT2D eigenvalue weighted by Gasteiger charge is 2.32. The first kappa shape index (κ1) is 26.0. The van der Waals surface area contributed by atoms with E-state index in [1.807, 2.05) is 59.5 Å². The van der Waals surface area contributed by atoms with Gasteiger partial charge in [0, 0.05) is 37.1 Å². The number of hydrogen-bond acceptors (Lipinski definition) is 7. The molecule has 0 spiro atoms. The van der Waals surface area contributed by atoms with Gasteiger partial charge in [-0.1, -0.05) is 47.6 Å². The number of carboxylic acids is 1. The molecule has 2 N–H and O–H groups in total. The Kier molecular flexibility index (Phi) is 8.16. The van der Waals surface area contributed by atoms with Crippen LogP contribution in [0.1, 0.15) is 41.5 Å². The number of ether oxygens (including phenoxy) is 1. The molecule has 5 rings (SSSR count). The summed E-state index contributed by atoms with van der Waals surface area (Å²) in [4.78, 5) is 30.8. The first-order chi connectivity index (χ1) is 19.0. The quantitative estimate of drug-likeness (QED) is 0.290. The number of aromatic nitrogens is 2. The van der Waals surface area contributed by atoms with E-state index in [1.165, 1.54) is 0 Å². The smallest absolute Gasteiger partial charge is 0.326 e. The molecule has 39 heavy (non-hydrogen) atoms. The number of benzene rings is 2. The van der Waals surface area contributed by atoms with Gasteiger partial charge < -0.3 is 24.6 Å². The summed E-state index contributed by atoms with van der Waals surface area (Å²) in [5.41, 5.74) is 3.30. The van der Waals surface area contributed by atoms with Crippen molar-refractivity contribution in [2.75, 3.05) is 11.9 Å². The molecule has 1 aliphatic heterocycles. The molecule has 0 radical (unpaired) electrons. The van der Waals surface area contributed by atoms with Gasteiger partial charge in [-0.05, 0) is 48.2 Å². The van der Waals surface area contributed by atoms with Crippen LogP contribution in [0.15, 0.2) is 89.7 Å². The molecule has 0 aliphatic carbocycles. The average Bonchev–Trinajstić information content (AvgIpc) is 3.63. The Labute approximate surface area is 226 Å². The molecular formula is C30H30N4O5. The number of hydrogen-bond donors (Lipinski definition) is 2. The molecular weight excluding hydrogens is 496 g/mol. The van der Waals surface area contributed by atoms with Gasteiger partial charge in [0.25, 0.3) is 0 Å². The predicted molar refractivity (Wildman–Crippen MR) is 144 cm³/mol. The highest BCUT2D eigenvalue weighted by molar-refractivity contribution is 5.79. The van der Waals surface area contributed by atoms with Gasteiger partial charge in [0.05, 0.1) is 12.5 Å². The molecule has 1 fully saturated rings. The van der Waals surface area contributed by atoms with E-state index < -0.39 is 12.0 Å². The Bertz CT molecular complexity index is 1380. The second-order valence-corrected chi connectivity index (χ2v) is 9.53. The van der Waals surface area contributed by atoms with Crippen molar-refractivity contribution in [1.82, 2.24) is 15.0 Å². The Morgan fingerprint density at radius 2 is 1.82 bits per heavy atom. The van der Waals surface area contributed by atoms with E-state index in [-0.39, 0.29) is 24.8 Å². The molecule has 4 aromatic rings. The van der Waals surface area contributed by atoms with Gasteiger partial charge in [-0.3, -0.25) is 9.78 Å². The Morgan fingerprint density at radius 1 is 1.05 bits per heavy atom. The number of likely N-dealkylation sites (tertiary alicyclic amines) is 1. The highest BCUT2D eigenvalue weighted by Crippen LogP contribution is 2.32. The molecule has 0 bridgehead atoms. The lowest BCUT2D eigenvalue weighted by Gasteiger charge is -2.23. The molecule has 2 aromatic carbocycles. The summed E-state index contributed by atoms with van der Waals surface area (Å²) < 4.78 is 11.3. The van der Waals surface area contributed by atoms with Crippen molar-refractivity contribution >= 4 is 17.6 Å². The molecule has 9 nitrogen and oxygen atoms in total. The minimum Gasteiger partial charge on any atom is -0.489 e. The van der Waals surface area contributed by atoms with Crippen LogP contribution in [-0.4, -0.2) is 44.6 Å². The van der Waals surface area contributed by atoms with E-state index >= 15 is 0 Å². The summed E-state index contributed by atoms with van der Waals surface area (Å²) in [6.07, 6.45) is 5.22. The number of aliphatic carboxylic acids is 1. The molecule has 1 saturated heterocycles. The molecule has 2 atom stereocenters. The van der Waals surface area contributed by atoms with E-state index in [0.717, 1.165) is 29.7 Å². The van der Waals surface area contributed by atoms with Crippen molar-refractivity contribution < 1.29 is 24.0 Å². The minimum absolute atomic E-state index is 0.0165. The van der Waals surface area contributed by atoms with Crippen molar-refractivity contribution in [3.05, 3.63) is 108 Å². The number of nitrogens with zero attached hydrogens (tertiary/aromatic N) is 3. The zero-order valence-corrected chi connectivity index (χ0v) is 21.4. The van der Waals surface area contributed by atoms with Crippen LogP contribution >= 0.6 is 0 Å². The summed E-state index contributed by atoms with van der Waals surface area (Å²) in [6.45, 7) is 1.13. The van der Waals surface area contributed by atoms with Crippen LogP contribution in [0.5, 0.6) is 5.75 Å². The van der Waals surface area contributed by atoms with Crippen LogP contribution < -0.4 is 10.1 Å². The Hall–Kier alpha value is -4.66. The van der Waals surface area contributed by atoms with Crippen molar-refractivity contribution in [3.8, 4) is 5.75 Å². The number of nitrogens with one attached hydrogen (secondary N) is 1. The third-order valence-corrected chi connectivity index (χ3v) is 6.74. The van der Waals surface area contributed by atoms with Crippen LogP contribution in [0, 0.1) is 0 Å². The number of carboxylic acid groups (broad SMARTS) is 1. The maximum absolute atomic E-state index is 13.2. The molecule has 200 valence electrons. The number of carbonyl (C=O) groups excluding carboxylic acids is 1. The summed E-state index contributed by atoms with van der Waals surface area (Å²) in [7, 11) is 0. The zero-order valence-electron chi connectivity index (χ0n) is 21.4. The number of carbonyl (C=O) groups is 2. The monoisotopic (exact) mass is 526 g/mol. The van der Waals surface area contributed by atoms with E-state index in [1.54, 1.807) is 30.6 Å². The van der Waals surface area contributed by atoms with Gasteiger partial charge in [0.1, 0.15) is 29.9 Å². The molecule has 3 heterocycles. The van der Waals surface area contributed by atoms with Gasteiger partial charge in [0.15, 0.2) is 0 Å². The summed E-state index contributed by atoms with van der Waals surface area (Å²) >= 11 is 0. The van der Waals surface area contributed by atoms with Crippen molar-refractivity contribution in [2.24, 2.45) is 0 Å². The average molecular weight is 527 g/mol. The zero-order chi connectivity index (χ0) is 27.0. The number of rotatable bonds is 11. The number of anilines is 1. The lowest BCUT2D eigenvalue weighted by atomic mass is 10.1. The topological polar surface area (TPSA) is 118 Å². The fraction of sp³-hybridized carbons (Fsp3) is 0.267. The number of pyridine rings is 1. The lowest BCUT2D eigenvalue weighted by Crippen LogP contribution is -2.32. The van der Waals surface area contributed by atoms with E-state index in [2.05, 4.69) is 15.5 Å². The number of amides is 1. The maximum atomic E-state index is 13.2. The first-order valence-electron chi connectivity index (χ1n) is 12.9. The standard InChI is InChI=1S/C30H30N4O5/c35-29(17-21-8-10-24(11-9-21)38-20-22-5-2-1-3-6-22)34-16-4-7-28(34)26-18-25(39-33-26)19-27(30(36)37)32-23-12-14-31-15-13-23/h1-3,5-6,8-15,18,27-28H,4,7,16-17,19-20H2,(H,31,32)(H,36,37). The highest BCUT2D eigenvalue weighted by atomic mass is 16.5. The van der Waals surface area contributed by atoms with Gasteiger partial charge in [0.2, 0.25) is 5.91 Å². The molecule has 0 saturated carbocycles. The van der Waals surface area contributed by atoms with E-state index in [4.69, 9.17) is 9.26 Å². The fourth-order valence-electron chi connectivity index (χ4n) is 4.73. The molecule has 9 heteroatoms. The van der Waals surface area contributed by atoms with Crippen molar-refractivity contribution in [3.63, 3.8) is 0 Å². The minimum atomic E-state index is -1.00. The maximum Gasteiger partial charge on any atom is 0.326 e. The predicted octanol–water partition coefficient (Wildman–Crippen LogP) is 4.66. The van der Waals surface area contributed by atoms with E-state index in [9.17, 15) is 14.7 Å². The Balaban J connectivity index is 1.18. The van der Waals surface area contributed by atoms with Gasteiger partial charge in [-0.15, -0.1) is 0 Å². The van der Waals surface area contributed by atoms with Crippen molar-refractivity contribution in [2.45, 2.75) is 44.4 Å². The summed E-state index contributed by atoms with van der Waals surface area (Å²) in [6, 6.07) is 21.6.